The monoisotopic (exact) mass is 495 g/mol. The molecule has 0 radical (unpaired) electrons. The second kappa shape index (κ2) is 10.4. The zero-order valence-corrected chi connectivity index (χ0v) is 19.0. The molecule has 0 atom stereocenters. The Hall–Kier alpha value is -3.19. The predicted molar refractivity (Wildman–Crippen MR) is 128 cm³/mol. The fourth-order valence-corrected chi connectivity index (χ4v) is 3.93. The largest absolute Gasteiger partial charge is 0.488 e. The van der Waals surface area contributed by atoms with E-state index in [1.54, 1.807) is 36.4 Å². The maximum atomic E-state index is 13.9. The molecule has 1 heterocycles. The maximum absolute atomic E-state index is 13.9. The molecule has 0 aliphatic carbocycles. The number of benzene rings is 3. The normalized spacial score (nSPS) is 13.5. The third-order valence-corrected chi connectivity index (χ3v) is 5.78. The van der Waals surface area contributed by atoms with Crippen LogP contribution in [0.15, 0.2) is 76.3 Å². The lowest BCUT2D eigenvalue weighted by Gasteiger charge is -2.17. The third-order valence-electron chi connectivity index (χ3n) is 5.28. The standard InChI is InChI=1S/C25H23BrFN3O2/c26-21-9-12-24(32-17-19-5-1-2-6-23(19)27)20(15-21)16-28-29-25(31)18-7-10-22(11-8-18)30-13-3-4-14-30/h1-2,5-12,15-16H,3-4,13-14,17H2,(H,29,31)/b28-16-. The second-order valence-corrected chi connectivity index (χ2v) is 8.42. The number of nitrogens with one attached hydrogen (secondary N) is 1. The van der Waals surface area contributed by atoms with Gasteiger partial charge in [-0.3, -0.25) is 4.79 Å². The first-order valence-electron chi connectivity index (χ1n) is 10.4. The van der Waals surface area contributed by atoms with E-state index < -0.39 is 0 Å². The number of ether oxygens (including phenoxy) is 1. The summed E-state index contributed by atoms with van der Waals surface area (Å²) in [5, 5.41) is 4.08. The van der Waals surface area contributed by atoms with Gasteiger partial charge in [-0.15, -0.1) is 0 Å². The minimum absolute atomic E-state index is 0.0882. The summed E-state index contributed by atoms with van der Waals surface area (Å²) >= 11 is 3.43. The van der Waals surface area contributed by atoms with Crippen molar-refractivity contribution in [1.82, 2.24) is 5.43 Å². The van der Waals surface area contributed by atoms with E-state index in [0.717, 1.165) is 23.2 Å². The highest BCUT2D eigenvalue weighted by Crippen LogP contribution is 2.23. The van der Waals surface area contributed by atoms with Crippen molar-refractivity contribution in [2.24, 2.45) is 5.10 Å². The van der Waals surface area contributed by atoms with Crippen molar-refractivity contribution in [1.29, 1.82) is 0 Å². The zero-order valence-electron chi connectivity index (χ0n) is 17.4. The molecule has 3 aromatic carbocycles. The number of carbonyl (C=O) groups is 1. The molecule has 4 rings (SSSR count). The SMILES string of the molecule is O=C(N/N=C\c1cc(Br)ccc1OCc1ccccc1F)c1ccc(N2CCCC2)cc1. The minimum atomic E-state index is -0.317. The van der Waals surface area contributed by atoms with Crippen LogP contribution in [-0.2, 0) is 6.61 Å². The van der Waals surface area contributed by atoms with E-state index in [2.05, 4.69) is 31.4 Å². The number of anilines is 1. The number of nitrogens with zero attached hydrogens (tertiary/aromatic N) is 2. The van der Waals surface area contributed by atoms with Crippen LogP contribution in [0.25, 0.3) is 0 Å². The molecule has 0 bridgehead atoms. The van der Waals surface area contributed by atoms with Crippen LogP contribution in [0.1, 0.15) is 34.3 Å². The quantitative estimate of drug-likeness (QED) is 0.346. The lowest BCUT2D eigenvalue weighted by atomic mass is 10.2. The highest BCUT2D eigenvalue weighted by atomic mass is 79.9. The molecule has 1 fully saturated rings. The average Bonchev–Trinajstić information content (AvgIpc) is 3.35. The van der Waals surface area contributed by atoms with Gasteiger partial charge in [0.25, 0.3) is 5.91 Å². The molecule has 0 spiro atoms. The first kappa shape index (κ1) is 22.0. The number of hydrogen-bond donors (Lipinski definition) is 1. The Morgan fingerprint density at radius 2 is 1.84 bits per heavy atom. The summed E-state index contributed by atoms with van der Waals surface area (Å²) in [6, 6.07) is 19.4. The molecule has 5 nitrogen and oxygen atoms in total. The summed E-state index contributed by atoms with van der Waals surface area (Å²) in [7, 11) is 0. The van der Waals surface area contributed by atoms with Gasteiger partial charge in [-0.2, -0.15) is 5.10 Å². The van der Waals surface area contributed by atoms with Crippen LogP contribution in [0.3, 0.4) is 0 Å². The lowest BCUT2D eigenvalue weighted by molar-refractivity contribution is 0.0955. The van der Waals surface area contributed by atoms with E-state index in [-0.39, 0.29) is 18.3 Å². The Kier molecular flexibility index (Phi) is 7.17. The maximum Gasteiger partial charge on any atom is 0.271 e. The summed E-state index contributed by atoms with van der Waals surface area (Å²) < 4.78 is 20.5. The number of rotatable bonds is 7. The topological polar surface area (TPSA) is 53.9 Å². The molecule has 0 saturated carbocycles. The highest BCUT2D eigenvalue weighted by Gasteiger charge is 2.13. The van der Waals surface area contributed by atoms with Gasteiger partial charge in [-0.05, 0) is 61.4 Å². The second-order valence-electron chi connectivity index (χ2n) is 7.50. The molecule has 164 valence electrons. The predicted octanol–water partition coefficient (Wildman–Crippen LogP) is 5.53. The molecule has 7 heteroatoms. The van der Waals surface area contributed by atoms with Gasteiger partial charge in [0.2, 0.25) is 0 Å². The fourth-order valence-electron chi connectivity index (χ4n) is 3.55. The van der Waals surface area contributed by atoms with Crippen molar-refractivity contribution in [3.63, 3.8) is 0 Å². The van der Waals surface area contributed by atoms with Crippen molar-refractivity contribution in [3.05, 3.63) is 93.7 Å². The van der Waals surface area contributed by atoms with Crippen LogP contribution in [0, 0.1) is 5.82 Å². The first-order valence-corrected chi connectivity index (χ1v) is 11.2. The number of halogens is 2. The molecule has 0 unspecified atom stereocenters. The molecule has 32 heavy (non-hydrogen) atoms. The van der Waals surface area contributed by atoms with E-state index in [1.165, 1.54) is 25.1 Å². The average molecular weight is 496 g/mol. The van der Waals surface area contributed by atoms with Gasteiger partial charge >= 0.3 is 0 Å². The third kappa shape index (κ3) is 5.53. The smallest absolute Gasteiger partial charge is 0.271 e. The van der Waals surface area contributed by atoms with Gasteiger partial charge in [0, 0.05) is 39.9 Å². The lowest BCUT2D eigenvalue weighted by Crippen LogP contribution is -2.19. The van der Waals surface area contributed by atoms with Crippen LogP contribution >= 0.6 is 15.9 Å². The number of carbonyl (C=O) groups excluding carboxylic acids is 1. The Balaban J connectivity index is 1.39. The van der Waals surface area contributed by atoms with E-state index in [1.807, 2.05) is 24.3 Å². The van der Waals surface area contributed by atoms with Crippen molar-refractivity contribution < 1.29 is 13.9 Å². The Morgan fingerprint density at radius 1 is 1.09 bits per heavy atom. The van der Waals surface area contributed by atoms with Crippen molar-refractivity contribution in [3.8, 4) is 5.75 Å². The molecular formula is C25H23BrFN3O2. The van der Waals surface area contributed by atoms with E-state index in [9.17, 15) is 9.18 Å². The number of hydrogen-bond acceptors (Lipinski definition) is 4. The fraction of sp³-hybridized carbons (Fsp3) is 0.200. The molecular weight excluding hydrogens is 473 g/mol. The molecule has 1 aliphatic heterocycles. The van der Waals surface area contributed by atoms with Crippen LogP contribution in [0.2, 0.25) is 0 Å². The van der Waals surface area contributed by atoms with Gasteiger partial charge in [-0.1, -0.05) is 34.1 Å². The zero-order chi connectivity index (χ0) is 22.3. The van der Waals surface area contributed by atoms with Gasteiger partial charge in [0.1, 0.15) is 18.2 Å². The van der Waals surface area contributed by atoms with E-state index in [0.29, 0.717) is 22.4 Å². The van der Waals surface area contributed by atoms with Crippen LogP contribution in [0.4, 0.5) is 10.1 Å². The Labute approximate surface area is 195 Å². The Bertz CT molecular complexity index is 1110. The van der Waals surface area contributed by atoms with Gasteiger partial charge in [-0.25, -0.2) is 9.82 Å². The van der Waals surface area contributed by atoms with Crippen molar-refractivity contribution >= 4 is 33.7 Å². The molecule has 1 aliphatic rings. The summed E-state index contributed by atoms with van der Waals surface area (Å²) in [5.41, 5.74) is 5.34. The van der Waals surface area contributed by atoms with E-state index >= 15 is 0 Å². The number of amides is 1. The molecule has 0 aromatic heterocycles. The van der Waals surface area contributed by atoms with Crippen molar-refractivity contribution in [2.45, 2.75) is 19.4 Å². The van der Waals surface area contributed by atoms with E-state index in [4.69, 9.17) is 4.74 Å². The van der Waals surface area contributed by atoms with Gasteiger partial charge in [0.15, 0.2) is 0 Å². The highest BCUT2D eigenvalue weighted by molar-refractivity contribution is 9.10. The van der Waals surface area contributed by atoms with Crippen LogP contribution in [0.5, 0.6) is 5.75 Å². The minimum Gasteiger partial charge on any atom is -0.488 e. The van der Waals surface area contributed by atoms with Gasteiger partial charge in [0.05, 0.1) is 6.21 Å². The van der Waals surface area contributed by atoms with Crippen LogP contribution in [-0.4, -0.2) is 25.2 Å². The number of hydrazone groups is 1. The summed E-state index contributed by atoms with van der Waals surface area (Å²) in [5.74, 6) is -0.0784. The summed E-state index contributed by atoms with van der Waals surface area (Å²) in [6.07, 6.45) is 3.93. The van der Waals surface area contributed by atoms with Gasteiger partial charge < -0.3 is 9.64 Å². The Morgan fingerprint density at radius 3 is 2.59 bits per heavy atom. The van der Waals surface area contributed by atoms with Crippen LogP contribution < -0.4 is 15.1 Å². The molecule has 1 saturated heterocycles. The summed E-state index contributed by atoms with van der Waals surface area (Å²) in [4.78, 5) is 14.8. The molecule has 3 aromatic rings. The first-order chi connectivity index (χ1) is 15.6. The molecule has 1 N–H and O–H groups in total. The van der Waals surface area contributed by atoms with Crippen molar-refractivity contribution in [2.75, 3.05) is 18.0 Å². The summed E-state index contributed by atoms with van der Waals surface area (Å²) in [6.45, 7) is 2.21. The molecule has 1 amide bonds.